The molecule has 0 radical (unpaired) electrons. The summed E-state index contributed by atoms with van der Waals surface area (Å²) in [6, 6.07) is 0. The van der Waals surface area contributed by atoms with Crippen LogP contribution in [0.4, 0.5) is 0 Å². The van der Waals surface area contributed by atoms with Crippen molar-refractivity contribution in [3.63, 3.8) is 0 Å². The van der Waals surface area contributed by atoms with Crippen LogP contribution in [-0.4, -0.2) is 63.8 Å². The van der Waals surface area contributed by atoms with Gasteiger partial charge < -0.3 is 23.7 Å². The van der Waals surface area contributed by atoms with Crippen molar-refractivity contribution in [3.8, 4) is 0 Å². The molecule has 0 rings (SSSR count). The van der Waals surface area contributed by atoms with Gasteiger partial charge in [0.25, 0.3) is 0 Å². The van der Waals surface area contributed by atoms with Crippen molar-refractivity contribution in [2.24, 2.45) is 0 Å². The highest BCUT2D eigenvalue weighted by atomic mass is 16.6. The SMILES string of the molecule is C.C.C.C.CC(C)OCC(=O)OCCOCCOC(=O)COC(C)C. The second-order valence-corrected chi connectivity index (χ2v) is 4.77. The maximum Gasteiger partial charge on any atom is 0.332 e. The molecule has 0 unspecified atom stereocenters. The summed E-state index contributed by atoms with van der Waals surface area (Å²) in [7, 11) is 0. The molecule has 0 aliphatic carbocycles. The average molecular weight is 371 g/mol. The summed E-state index contributed by atoms with van der Waals surface area (Å²) < 4.78 is 25.0. The van der Waals surface area contributed by atoms with E-state index in [1.807, 2.05) is 27.7 Å². The molecule has 25 heavy (non-hydrogen) atoms. The van der Waals surface area contributed by atoms with Crippen LogP contribution in [0.5, 0.6) is 0 Å². The molecule has 0 N–H and O–H groups in total. The van der Waals surface area contributed by atoms with E-state index in [2.05, 4.69) is 0 Å². The predicted molar refractivity (Wildman–Crippen MR) is 102 cm³/mol. The third-order valence-corrected chi connectivity index (χ3v) is 2.05. The molecule has 0 fully saturated rings. The van der Waals surface area contributed by atoms with Gasteiger partial charge in [-0.1, -0.05) is 29.7 Å². The van der Waals surface area contributed by atoms with E-state index >= 15 is 0 Å². The summed E-state index contributed by atoms with van der Waals surface area (Å²) in [6.07, 6.45) is -0.0219. The number of hydrogen-bond acceptors (Lipinski definition) is 7. The van der Waals surface area contributed by atoms with Crippen LogP contribution in [-0.2, 0) is 33.3 Å². The molecule has 0 saturated carbocycles. The van der Waals surface area contributed by atoms with Gasteiger partial charge in [0.05, 0.1) is 25.4 Å². The quantitative estimate of drug-likeness (QED) is 0.384. The summed E-state index contributed by atoms with van der Waals surface area (Å²) >= 11 is 0. The number of rotatable bonds is 12. The molecular weight excluding hydrogens is 328 g/mol. The van der Waals surface area contributed by atoms with Crippen LogP contribution >= 0.6 is 0 Å². The Hall–Kier alpha value is -1.18. The van der Waals surface area contributed by atoms with E-state index in [9.17, 15) is 9.59 Å². The van der Waals surface area contributed by atoms with Crippen molar-refractivity contribution in [2.75, 3.05) is 39.6 Å². The van der Waals surface area contributed by atoms with E-state index < -0.39 is 11.9 Å². The van der Waals surface area contributed by atoms with Crippen LogP contribution in [0.2, 0.25) is 0 Å². The number of ether oxygens (including phenoxy) is 5. The maximum atomic E-state index is 11.2. The van der Waals surface area contributed by atoms with Crippen LogP contribution < -0.4 is 0 Å². The van der Waals surface area contributed by atoms with Gasteiger partial charge in [-0.05, 0) is 27.7 Å². The third-order valence-electron chi connectivity index (χ3n) is 2.05. The van der Waals surface area contributed by atoms with E-state index in [4.69, 9.17) is 23.7 Å². The van der Waals surface area contributed by atoms with Gasteiger partial charge in [0.2, 0.25) is 0 Å². The van der Waals surface area contributed by atoms with Crippen molar-refractivity contribution >= 4 is 11.9 Å². The van der Waals surface area contributed by atoms with Gasteiger partial charge in [0.1, 0.15) is 26.4 Å². The van der Waals surface area contributed by atoms with E-state index in [-0.39, 0.29) is 81.6 Å². The van der Waals surface area contributed by atoms with Crippen molar-refractivity contribution in [1.29, 1.82) is 0 Å². The monoisotopic (exact) mass is 370 g/mol. The van der Waals surface area contributed by atoms with Crippen LogP contribution in [0.3, 0.4) is 0 Å². The molecule has 0 amide bonds. The fourth-order valence-electron chi connectivity index (χ4n) is 1.08. The number of carbonyl (C=O) groups is 2. The molecule has 0 atom stereocenters. The lowest BCUT2D eigenvalue weighted by molar-refractivity contribution is -0.153. The highest BCUT2D eigenvalue weighted by Gasteiger charge is 2.05. The highest BCUT2D eigenvalue weighted by molar-refractivity contribution is 5.71. The van der Waals surface area contributed by atoms with Gasteiger partial charge in [-0.15, -0.1) is 0 Å². The zero-order valence-corrected chi connectivity index (χ0v) is 13.3. The lowest BCUT2D eigenvalue weighted by Crippen LogP contribution is -2.20. The smallest absolute Gasteiger partial charge is 0.332 e. The first-order valence-electron chi connectivity index (χ1n) is 7.04. The Labute approximate surface area is 155 Å². The summed E-state index contributed by atoms with van der Waals surface area (Å²) in [5, 5.41) is 0. The molecule has 0 aliphatic rings. The van der Waals surface area contributed by atoms with E-state index in [0.717, 1.165) is 0 Å². The Balaban J connectivity index is -0.000000333. The van der Waals surface area contributed by atoms with Crippen LogP contribution in [0.15, 0.2) is 0 Å². The minimum Gasteiger partial charge on any atom is -0.462 e. The first kappa shape index (κ1) is 35.0. The van der Waals surface area contributed by atoms with Gasteiger partial charge >= 0.3 is 11.9 Å². The van der Waals surface area contributed by atoms with Crippen LogP contribution in [0.25, 0.3) is 0 Å². The Morgan fingerprint density at radius 3 is 1.24 bits per heavy atom. The molecular formula is C18H42O7. The normalized spacial score (nSPS) is 9.20. The summed E-state index contributed by atoms with van der Waals surface area (Å²) in [6.45, 7) is 7.99. The molecule has 0 aromatic heterocycles. The number of esters is 2. The second-order valence-electron chi connectivity index (χ2n) is 4.77. The van der Waals surface area contributed by atoms with Crippen molar-refractivity contribution in [2.45, 2.75) is 69.6 Å². The van der Waals surface area contributed by atoms with Gasteiger partial charge in [0.15, 0.2) is 0 Å². The highest BCUT2D eigenvalue weighted by Crippen LogP contribution is 1.91. The summed E-state index contributed by atoms with van der Waals surface area (Å²) in [5.41, 5.74) is 0. The van der Waals surface area contributed by atoms with Gasteiger partial charge in [0, 0.05) is 0 Å². The maximum absolute atomic E-state index is 11.2. The molecule has 0 heterocycles. The van der Waals surface area contributed by atoms with Crippen LogP contribution in [0, 0.1) is 0 Å². The van der Waals surface area contributed by atoms with Crippen LogP contribution in [0.1, 0.15) is 57.4 Å². The molecule has 0 aliphatic heterocycles. The molecule has 156 valence electrons. The zero-order valence-electron chi connectivity index (χ0n) is 13.3. The van der Waals surface area contributed by atoms with Gasteiger partial charge in [-0.2, -0.15) is 0 Å². The molecule has 7 heteroatoms. The van der Waals surface area contributed by atoms with E-state index in [1.165, 1.54) is 0 Å². The largest absolute Gasteiger partial charge is 0.462 e. The molecule has 0 aromatic rings. The standard InChI is InChI=1S/C14H26O7.4CH4/c1-11(2)20-9-13(15)18-7-5-17-6-8-19-14(16)10-21-12(3)4;;;;/h11-12H,5-10H2,1-4H3;4*1H4. The van der Waals surface area contributed by atoms with Gasteiger partial charge in [-0.3, -0.25) is 0 Å². The number of carbonyl (C=O) groups excluding carboxylic acids is 2. The fraction of sp³-hybridized carbons (Fsp3) is 0.889. The third kappa shape index (κ3) is 27.9. The van der Waals surface area contributed by atoms with Gasteiger partial charge in [-0.25, -0.2) is 9.59 Å². The predicted octanol–water partition coefficient (Wildman–Crippen LogP) is 3.48. The van der Waals surface area contributed by atoms with Crippen molar-refractivity contribution < 1.29 is 33.3 Å². The zero-order chi connectivity index (χ0) is 16.1. The first-order chi connectivity index (χ1) is 9.91. The molecule has 7 nitrogen and oxygen atoms in total. The number of hydrogen-bond donors (Lipinski definition) is 0. The Morgan fingerprint density at radius 2 is 0.960 bits per heavy atom. The molecule has 0 spiro atoms. The summed E-state index contributed by atoms with van der Waals surface area (Å²) in [4.78, 5) is 22.3. The topological polar surface area (TPSA) is 80.3 Å². The lowest BCUT2D eigenvalue weighted by Gasteiger charge is -2.09. The van der Waals surface area contributed by atoms with E-state index in [0.29, 0.717) is 0 Å². The minimum atomic E-state index is -0.426. The van der Waals surface area contributed by atoms with Crippen molar-refractivity contribution in [3.05, 3.63) is 0 Å². The minimum absolute atomic E-state index is 0. The van der Waals surface area contributed by atoms with Crippen molar-refractivity contribution in [1.82, 2.24) is 0 Å². The molecule has 0 aromatic carbocycles. The fourth-order valence-corrected chi connectivity index (χ4v) is 1.08. The lowest BCUT2D eigenvalue weighted by atomic mass is 10.5. The first-order valence-corrected chi connectivity index (χ1v) is 7.04. The Kier molecular flexibility index (Phi) is 32.0. The second kappa shape index (κ2) is 22.8. The average Bonchev–Trinajstić information content (AvgIpc) is 2.41. The molecule has 0 saturated heterocycles. The molecule has 0 bridgehead atoms. The Morgan fingerprint density at radius 1 is 0.640 bits per heavy atom. The van der Waals surface area contributed by atoms with E-state index in [1.54, 1.807) is 0 Å². The summed E-state index contributed by atoms with van der Waals surface area (Å²) in [5.74, 6) is -0.853. The Bertz CT molecular complexity index is 263.